The quantitative estimate of drug-likeness (QED) is 0.590. The Labute approximate surface area is 126 Å². The third-order valence-corrected chi connectivity index (χ3v) is 4.67. The van der Waals surface area contributed by atoms with Gasteiger partial charge in [0.25, 0.3) is 0 Å². The molecular weight excluding hydrogens is 248 g/mol. The van der Waals surface area contributed by atoms with E-state index >= 15 is 0 Å². The number of unbranched alkanes of at least 4 members (excludes halogenated alkanes) is 6. The van der Waals surface area contributed by atoms with Gasteiger partial charge in [0.15, 0.2) is 0 Å². The molecule has 0 aromatic heterocycles. The summed E-state index contributed by atoms with van der Waals surface area (Å²) in [6.07, 6.45) is 13.8. The van der Waals surface area contributed by atoms with E-state index in [1.807, 2.05) is 7.11 Å². The van der Waals surface area contributed by atoms with Crippen LogP contribution in [-0.2, 0) is 4.74 Å². The van der Waals surface area contributed by atoms with E-state index in [-0.39, 0.29) is 0 Å². The molecule has 0 bridgehead atoms. The Morgan fingerprint density at radius 2 is 1.85 bits per heavy atom. The van der Waals surface area contributed by atoms with Gasteiger partial charge in [-0.1, -0.05) is 51.9 Å². The van der Waals surface area contributed by atoms with Gasteiger partial charge in [-0.3, -0.25) is 4.90 Å². The minimum absolute atomic E-state index is 0.423. The lowest BCUT2D eigenvalue weighted by Gasteiger charge is -2.37. The molecule has 0 saturated carbocycles. The Bertz CT molecular complexity index is 223. The van der Waals surface area contributed by atoms with Crippen LogP contribution in [0.4, 0.5) is 0 Å². The molecule has 1 fully saturated rings. The van der Waals surface area contributed by atoms with Crippen LogP contribution >= 0.6 is 0 Å². The van der Waals surface area contributed by atoms with Gasteiger partial charge in [0, 0.05) is 26.2 Å². The second-order valence-corrected chi connectivity index (χ2v) is 6.29. The lowest BCUT2D eigenvalue weighted by Crippen LogP contribution is -2.48. The monoisotopic (exact) mass is 284 g/mol. The molecule has 120 valence electrons. The topological polar surface area (TPSA) is 38.5 Å². The summed E-state index contributed by atoms with van der Waals surface area (Å²) in [5, 5.41) is 0. The van der Waals surface area contributed by atoms with Crippen LogP contribution < -0.4 is 5.73 Å². The highest BCUT2D eigenvalue weighted by Crippen LogP contribution is 2.18. The maximum atomic E-state index is 5.99. The Kier molecular flexibility index (Phi) is 10.3. The number of nitrogens with zero attached hydrogens (tertiary/aromatic N) is 1. The lowest BCUT2D eigenvalue weighted by molar-refractivity contribution is 0.0141. The molecule has 3 nitrogen and oxygen atoms in total. The first kappa shape index (κ1) is 17.9. The summed E-state index contributed by atoms with van der Waals surface area (Å²) in [7, 11) is 1.84. The minimum atomic E-state index is 0.423. The minimum Gasteiger partial charge on any atom is -0.380 e. The van der Waals surface area contributed by atoms with Crippen molar-refractivity contribution in [2.75, 3.05) is 26.7 Å². The van der Waals surface area contributed by atoms with E-state index in [9.17, 15) is 0 Å². The van der Waals surface area contributed by atoms with Gasteiger partial charge in [0.05, 0.1) is 6.10 Å². The molecule has 2 N–H and O–H groups in total. The fraction of sp³-hybridized carbons (Fsp3) is 1.00. The normalized spacial score (nSPS) is 22.1. The van der Waals surface area contributed by atoms with E-state index in [1.54, 1.807) is 0 Å². The fourth-order valence-electron chi connectivity index (χ4n) is 3.28. The van der Waals surface area contributed by atoms with Gasteiger partial charge < -0.3 is 10.5 Å². The van der Waals surface area contributed by atoms with Crippen LogP contribution in [0.1, 0.15) is 71.1 Å². The van der Waals surface area contributed by atoms with Crippen LogP contribution in [0.25, 0.3) is 0 Å². The summed E-state index contributed by atoms with van der Waals surface area (Å²) >= 11 is 0. The Morgan fingerprint density at radius 1 is 1.15 bits per heavy atom. The number of piperidine rings is 1. The van der Waals surface area contributed by atoms with Crippen LogP contribution in [0.3, 0.4) is 0 Å². The van der Waals surface area contributed by atoms with Crippen molar-refractivity contribution in [1.82, 2.24) is 4.90 Å². The van der Waals surface area contributed by atoms with E-state index < -0.39 is 0 Å². The number of rotatable bonds is 11. The summed E-state index contributed by atoms with van der Waals surface area (Å²) in [5.41, 5.74) is 5.99. The number of hydrogen-bond donors (Lipinski definition) is 1. The van der Waals surface area contributed by atoms with Crippen LogP contribution in [0.5, 0.6) is 0 Å². The zero-order valence-electron chi connectivity index (χ0n) is 13.8. The standard InChI is InChI=1S/C17H36N2O/c1-3-4-5-6-7-8-9-11-16(14-18)19-13-10-12-17(15-19)20-2/h16-17H,3-15,18H2,1-2H3. The summed E-state index contributed by atoms with van der Waals surface area (Å²) in [5.74, 6) is 0. The van der Waals surface area contributed by atoms with Gasteiger partial charge in [0.1, 0.15) is 0 Å². The van der Waals surface area contributed by atoms with Crippen LogP contribution in [0.15, 0.2) is 0 Å². The smallest absolute Gasteiger partial charge is 0.0698 e. The van der Waals surface area contributed by atoms with Gasteiger partial charge in [0.2, 0.25) is 0 Å². The molecule has 1 rings (SSSR count). The number of ether oxygens (including phenoxy) is 1. The molecule has 0 aromatic carbocycles. The first-order valence-electron chi connectivity index (χ1n) is 8.78. The Balaban J connectivity index is 2.12. The molecule has 2 atom stereocenters. The summed E-state index contributed by atoms with van der Waals surface area (Å²) < 4.78 is 5.51. The Hall–Kier alpha value is -0.120. The van der Waals surface area contributed by atoms with Crippen LogP contribution in [0, 0.1) is 0 Å². The predicted octanol–water partition coefficient (Wildman–Crippen LogP) is 3.57. The molecule has 0 aromatic rings. The predicted molar refractivity (Wildman–Crippen MR) is 87.1 cm³/mol. The van der Waals surface area contributed by atoms with Crippen LogP contribution in [0.2, 0.25) is 0 Å². The number of nitrogens with two attached hydrogens (primary N) is 1. The number of methoxy groups -OCH3 is 1. The SMILES string of the molecule is CCCCCCCCCC(CN)N1CCCC(OC)C1. The first-order valence-corrected chi connectivity index (χ1v) is 8.78. The average molecular weight is 284 g/mol. The molecule has 0 amide bonds. The Morgan fingerprint density at radius 3 is 2.50 bits per heavy atom. The van der Waals surface area contributed by atoms with Crippen molar-refractivity contribution in [1.29, 1.82) is 0 Å². The van der Waals surface area contributed by atoms with Crippen molar-refractivity contribution in [2.24, 2.45) is 5.73 Å². The molecule has 0 spiro atoms. The van der Waals surface area contributed by atoms with Crippen molar-refractivity contribution in [3.63, 3.8) is 0 Å². The van der Waals surface area contributed by atoms with Crippen molar-refractivity contribution >= 4 is 0 Å². The van der Waals surface area contributed by atoms with Crippen LogP contribution in [-0.4, -0.2) is 43.8 Å². The van der Waals surface area contributed by atoms with Crippen molar-refractivity contribution < 1.29 is 4.74 Å². The molecule has 2 unspecified atom stereocenters. The molecule has 1 heterocycles. The van der Waals surface area contributed by atoms with Gasteiger partial charge in [-0.05, 0) is 25.8 Å². The molecule has 1 saturated heterocycles. The third-order valence-electron chi connectivity index (χ3n) is 4.67. The van der Waals surface area contributed by atoms with E-state index in [0.29, 0.717) is 12.1 Å². The highest BCUT2D eigenvalue weighted by molar-refractivity contribution is 4.80. The maximum Gasteiger partial charge on any atom is 0.0698 e. The summed E-state index contributed by atoms with van der Waals surface area (Å²) in [4.78, 5) is 2.56. The van der Waals surface area contributed by atoms with Gasteiger partial charge in [-0.15, -0.1) is 0 Å². The van der Waals surface area contributed by atoms with E-state index in [1.165, 1.54) is 70.8 Å². The molecule has 1 aliphatic heterocycles. The maximum absolute atomic E-state index is 5.99. The van der Waals surface area contributed by atoms with Crippen molar-refractivity contribution in [2.45, 2.75) is 83.3 Å². The van der Waals surface area contributed by atoms with E-state index in [0.717, 1.165) is 13.1 Å². The average Bonchev–Trinajstić information content (AvgIpc) is 2.50. The zero-order chi connectivity index (χ0) is 14.6. The fourth-order valence-corrected chi connectivity index (χ4v) is 3.28. The second-order valence-electron chi connectivity index (χ2n) is 6.29. The highest BCUT2D eigenvalue weighted by atomic mass is 16.5. The van der Waals surface area contributed by atoms with Gasteiger partial charge >= 0.3 is 0 Å². The summed E-state index contributed by atoms with van der Waals surface area (Å²) in [6, 6.07) is 0.573. The molecule has 0 aliphatic carbocycles. The molecule has 20 heavy (non-hydrogen) atoms. The molecule has 1 aliphatic rings. The number of hydrogen-bond acceptors (Lipinski definition) is 3. The molecule has 3 heteroatoms. The van der Waals surface area contributed by atoms with E-state index in [2.05, 4.69) is 11.8 Å². The van der Waals surface area contributed by atoms with Crippen molar-refractivity contribution in [3.8, 4) is 0 Å². The first-order chi connectivity index (χ1) is 9.81. The van der Waals surface area contributed by atoms with Gasteiger partial charge in [-0.25, -0.2) is 0 Å². The van der Waals surface area contributed by atoms with Gasteiger partial charge in [-0.2, -0.15) is 0 Å². The number of likely N-dealkylation sites (tertiary alicyclic amines) is 1. The van der Waals surface area contributed by atoms with E-state index in [4.69, 9.17) is 10.5 Å². The second kappa shape index (κ2) is 11.5. The molecule has 0 radical (unpaired) electrons. The highest BCUT2D eigenvalue weighted by Gasteiger charge is 2.24. The third kappa shape index (κ3) is 7.05. The summed E-state index contributed by atoms with van der Waals surface area (Å²) in [6.45, 7) is 5.36. The van der Waals surface area contributed by atoms with Crippen molar-refractivity contribution in [3.05, 3.63) is 0 Å². The molecular formula is C17H36N2O. The lowest BCUT2D eigenvalue weighted by atomic mass is 10.0. The zero-order valence-corrected chi connectivity index (χ0v) is 13.8. The largest absolute Gasteiger partial charge is 0.380 e.